The fourth-order valence-corrected chi connectivity index (χ4v) is 5.07. The molecule has 6 heteroatoms. The summed E-state index contributed by atoms with van der Waals surface area (Å²) in [6.45, 7) is 7.06. The highest BCUT2D eigenvalue weighted by Gasteiger charge is 2.54. The van der Waals surface area contributed by atoms with Crippen LogP contribution >= 0.6 is 11.8 Å². The highest BCUT2D eigenvalue weighted by Crippen LogP contribution is 2.46. The van der Waals surface area contributed by atoms with Crippen molar-refractivity contribution in [1.29, 1.82) is 0 Å². The van der Waals surface area contributed by atoms with Crippen molar-refractivity contribution in [3.63, 3.8) is 0 Å². The molecule has 0 N–H and O–H groups in total. The van der Waals surface area contributed by atoms with Crippen molar-refractivity contribution in [3.8, 4) is 5.75 Å². The van der Waals surface area contributed by atoms with E-state index in [2.05, 4.69) is 56.2 Å². The number of methoxy groups -OCH3 is 1. The Morgan fingerprint density at radius 1 is 1.17 bits per heavy atom. The summed E-state index contributed by atoms with van der Waals surface area (Å²) in [5.41, 5.74) is 2.54. The number of hydrogen-bond donors (Lipinski definition) is 0. The van der Waals surface area contributed by atoms with Crippen LogP contribution in [0.3, 0.4) is 0 Å². The van der Waals surface area contributed by atoms with Crippen LogP contribution in [0.4, 0.5) is 11.4 Å². The minimum absolute atomic E-state index is 0.273. The number of ether oxygens (including phenoxy) is 2. The molecule has 2 aromatic carbocycles. The zero-order chi connectivity index (χ0) is 21.4. The van der Waals surface area contributed by atoms with Crippen LogP contribution in [0.1, 0.15) is 32.3 Å². The van der Waals surface area contributed by atoms with Crippen LogP contribution in [0.2, 0.25) is 0 Å². The van der Waals surface area contributed by atoms with Gasteiger partial charge in [-0.2, -0.15) is 0 Å². The average Bonchev–Trinajstić information content (AvgIpc) is 3.01. The van der Waals surface area contributed by atoms with E-state index in [-0.39, 0.29) is 11.1 Å². The Balaban J connectivity index is 1.90. The van der Waals surface area contributed by atoms with Gasteiger partial charge in [0, 0.05) is 31.2 Å². The third-order valence-corrected chi connectivity index (χ3v) is 6.44. The number of rotatable bonds is 3. The number of thioether (sulfide) groups is 1. The molecule has 1 saturated heterocycles. The minimum atomic E-state index is -0.366. The van der Waals surface area contributed by atoms with Crippen molar-refractivity contribution in [2.75, 3.05) is 24.9 Å². The van der Waals surface area contributed by atoms with Crippen LogP contribution in [0, 0.1) is 6.92 Å². The van der Waals surface area contributed by atoms with Gasteiger partial charge in [0.2, 0.25) is 0 Å². The standard InChI is InChI=1S/C24H29N3O2S/c1-17-9-6-7-12-20(17)25-21-24(13-14-29-23(2,3)16-24)27(22(26-21)30-5)18-10-8-11-19(15-18)28-4/h6-12,15H,13-14,16H2,1-5H3/t24-/m0/s1. The highest BCUT2D eigenvalue weighted by molar-refractivity contribution is 8.13. The van der Waals surface area contributed by atoms with Gasteiger partial charge in [-0.15, -0.1) is 0 Å². The second kappa shape index (κ2) is 8.08. The lowest BCUT2D eigenvalue weighted by Gasteiger charge is -2.47. The molecule has 4 rings (SSSR count). The van der Waals surface area contributed by atoms with Crippen molar-refractivity contribution >= 4 is 34.1 Å². The van der Waals surface area contributed by atoms with Crippen LogP contribution in [0.15, 0.2) is 58.5 Å². The first-order valence-corrected chi connectivity index (χ1v) is 11.5. The van der Waals surface area contributed by atoms with Crippen molar-refractivity contribution < 1.29 is 9.47 Å². The van der Waals surface area contributed by atoms with E-state index in [1.54, 1.807) is 18.9 Å². The van der Waals surface area contributed by atoms with Gasteiger partial charge in [-0.25, -0.2) is 9.98 Å². The molecule has 0 saturated carbocycles. The van der Waals surface area contributed by atoms with E-state index in [1.807, 2.05) is 24.3 Å². The Morgan fingerprint density at radius 2 is 1.97 bits per heavy atom. The first-order chi connectivity index (χ1) is 14.4. The number of para-hydroxylation sites is 1. The number of benzene rings is 2. The van der Waals surface area contributed by atoms with E-state index >= 15 is 0 Å². The second-order valence-corrected chi connectivity index (χ2v) is 9.20. The molecule has 1 fully saturated rings. The SMILES string of the molecule is COc1cccc(N2C(SC)=NC(=Nc3ccccc3C)[C@@]23CCOC(C)(C)C3)c1. The smallest absolute Gasteiger partial charge is 0.170 e. The largest absolute Gasteiger partial charge is 0.497 e. The van der Waals surface area contributed by atoms with Crippen LogP contribution in [-0.2, 0) is 4.74 Å². The van der Waals surface area contributed by atoms with Gasteiger partial charge in [0.15, 0.2) is 11.0 Å². The summed E-state index contributed by atoms with van der Waals surface area (Å²) in [5.74, 6) is 1.69. The van der Waals surface area contributed by atoms with Crippen molar-refractivity contribution in [3.05, 3.63) is 54.1 Å². The monoisotopic (exact) mass is 423 g/mol. The van der Waals surface area contributed by atoms with Crippen molar-refractivity contribution in [2.45, 2.75) is 44.8 Å². The summed E-state index contributed by atoms with van der Waals surface area (Å²) in [4.78, 5) is 12.5. The lowest BCUT2D eigenvalue weighted by Crippen LogP contribution is -2.59. The first-order valence-electron chi connectivity index (χ1n) is 10.2. The van der Waals surface area contributed by atoms with Gasteiger partial charge in [-0.1, -0.05) is 36.0 Å². The summed E-state index contributed by atoms with van der Waals surface area (Å²) >= 11 is 1.65. The van der Waals surface area contributed by atoms with Crippen LogP contribution < -0.4 is 9.64 Å². The third kappa shape index (κ3) is 3.74. The van der Waals surface area contributed by atoms with Gasteiger partial charge in [0.05, 0.1) is 18.4 Å². The molecule has 0 unspecified atom stereocenters. The van der Waals surface area contributed by atoms with Crippen molar-refractivity contribution in [2.24, 2.45) is 9.98 Å². The first kappa shape index (κ1) is 20.9. The summed E-state index contributed by atoms with van der Waals surface area (Å²) < 4.78 is 11.6. The van der Waals surface area contributed by atoms with Crippen LogP contribution in [0.5, 0.6) is 5.75 Å². The lowest BCUT2D eigenvalue weighted by molar-refractivity contribution is -0.0663. The normalized spacial score (nSPS) is 24.4. The molecular weight excluding hydrogens is 394 g/mol. The zero-order valence-corrected chi connectivity index (χ0v) is 19.1. The van der Waals surface area contributed by atoms with Gasteiger partial charge in [0.25, 0.3) is 0 Å². The molecular formula is C24H29N3O2S. The van der Waals surface area contributed by atoms with Crippen molar-refractivity contribution in [1.82, 2.24) is 0 Å². The summed E-state index contributed by atoms with van der Waals surface area (Å²) in [6, 6.07) is 16.4. The maximum Gasteiger partial charge on any atom is 0.170 e. The second-order valence-electron chi connectivity index (χ2n) is 8.42. The van der Waals surface area contributed by atoms with E-state index in [0.29, 0.717) is 6.61 Å². The molecule has 1 atom stereocenters. The number of amidine groups is 2. The molecule has 1 spiro atoms. The predicted octanol–water partition coefficient (Wildman–Crippen LogP) is 5.60. The van der Waals surface area contributed by atoms with E-state index in [9.17, 15) is 0 Å². The van der Waals surface area contributed by atoms with Crippen LogP contribution in [-0.4, -0.2) is 42.1 Å². The molecule has 2 aromatic rings. The molecule has 0 aromatic heterocycles. The highest BCUT2D eigenvalue weighted by atomic mass is 32.2. The van der Waals surface area contributed by atoms with Gasteiger partial charge in [0.1, 0.15) is 11.3 Å². The maximum atomic E-state index is 6.11. The van der Waals surface area contributed by atoms with E-state index < -0.39 is 0 Å². The van der Waals surface area contributed by atoms with E-state index in [4.69, 9.17) is 19.5 Å². The Labute approximate surface area is 183 Å². The summed E-state index contributed by atoms with van der Waals surface area (Å²) in [7, 11) is 1.70. The topological polar surface area (TPSA) is 46.4 Å². The molecule has 0 radical (unpaired) electrons. The molecule has 5 nitrogen and oxygen atoms in total. The predicted molar refractivity (Wildman–Crippen MR) is 127 cm³/mol. The molecule has 0 aliphatic carbocycles. The molecule has 30 heavy (non-hydrogen) atoms. The quantitative estimate of drug-likeness (QED) is 0.645. The fraction of sp³-hybridized carbons (Fsp3) is 0.417. The number of anilines is 1. The number of aryl methyl sites for hydroxylation is 1. The summed E-state index contributed by atoms with van der Waals surface area (Å²) in [5, 5.41) is 0.952. The van der Waals surface area contributed by atoms with E-state index in [0.717, 1.165) is 46.5 Å². The lowest BCUT2D eigenvalue weighted by atomic mass is 9.79. The average molecular weight is 424 g/mol. The number of aliphatic imine (C=N–C) groups is 2. The molecule has 0 amide bonds. The molecule has 2 aliphatic rings. The maximum absolute atomic E-state index is 6.11. The van der Waals surface area contributed by atoms with E-state index in [1.165, 1.54) is 0 Å². The van der Waals surface area contributed by atoms with Crippen LogP contribution in [0.25, 0.3) is 0 Å². The molecule has 2 aliphatic heterocycles. The fourth-order valence-electron chi connectivity index (χ4n) is 4.43. The Hall–Kier alpha value is -2.31. The van der Waals surface area contributed by atoms with Gasteiger partial charge in [-0.05, 0) is 50.8 Å². The minimum Gasteiger partial charge on any atom is -0.497 e. The Bertz CT molecular complexity index is 1000. The van der Waals surface area contributed by atoms with Gasteiger partial charge >= 0.3 is 0 Å². The third-order valence-electron chi connectivity index (χ3n) is 5.80. The Morgan fingerprint density at radius 3 is 2.67 bits per heavy atom. The summed E-state index contributed by atoms with van der Waals surface area (Å²) in [6.07, 6.45) is 3.70. The number of nitrogens with zero attached hydrogens (tertiary/aromatic N) is 3. The van der Waals surface area contributed by atoms with Gasteiger partial charge in [-0.3, -0.25) is 0 Å². The van der Waals surface area contributed by atoms with Gasteiger partial charge < -0.3 is 14.4 Å². The molecule has 158 valence electrons. The number of hydrogen-bond acceptors (Lipinski definition) is 5. The molecule has 2 heterocycles. The Kier molecular flexibility index (Phi) is 5.64. The molecule has 0 bridgehead atoms. The zero-order valence-electron chi connectivity index (χ0n) is 18.3.